The molecule has 2 aromatic rings. The van der Waals surface area contributed by atoms with Crippen molar-refractivity contribution in [2.24, 2.45) is 14.1 Å². The van der Waals surface area contributed by atoms with Gasteiger partial charge in [-0.05, 0) is 25.2 Å². The van der Waals surface area contributed by atoms with E-state index < -0.39 is 0 Å². The minimum atomic E-state index is -0.0728. The lowest BCUT2D eigenvalue weighted by molar-refractivity contribution is -0.117. The summed E-state index contributed by atoms with van der Waals surface area (Å²) in [5.74, 6) is -0.0252. The van der Waals surface area contributed by atoms with Gasteiger partial charge in [-0.1, -0.05) is 0 Å². The summed E-state index contributed by atoms with van der Waals surface area (Å²) in [7, 11) is 6.92. The van der Waals surface area contributed by atoms with Gasteiger partial charge >= 0.3 is 5.69 Å². The molecule has 1 aromatic heterocycles. The number of rotatable bonds is 3. The summed E-state index contributed by atoms with van der Waals surface area (Å²) in [5.41, 5.74) is 2.37. The van der Waals surface area contributed by atoms with E-state index in [4.69, 9.17) is 0 Å². The molecule has 0 aliphatic carbocycles. The smallest absolute Gasteiger partial charge is 0.314 e. The highest BCUT2D eigenvalue weighted by atomic mass is 16.2. The molecule has 0 unspecified atom stereocenters. The first-order valence-electron chi connectivity index (χ1n) is 6.04. The van der Waals surface area contributed by atoms with Crippen LogP contribution in [0.3, 0.4) is 0 Å². The van der Waals surface area contributed by atoms with Crippen molar-refractivity contribution >= 4 is 22.6 Å². The molecule has 0 aliphatic rings. The van der Waals surface area contributed by atoms with Gasteiger partial charge in [-0.15, -0.1) is 0 Å². The van der Waals surface area contributed by atoms with E-state index in [9.17, 15) is 9.59 Å². The number of aromatic nitrogens is 2. The van der Waals surface area contributed by atoms with Crippen molar-refractivity contribution in [3.63, 3.8) is 0 Å². The molecule has 1 aromatic carbocycles. The Morgan fingerprint density at radius 1 is 1.26 bits per heavy atom. The maximum Gasteiger partial charge on any atom is 0.328 e. The zero-order valence-electron chi connectivity index (χ0n) is 11.6. The standard InChI is InChI=1S/C13H18N4O2/c1-14-8-12(18)15(2)9-5-6-10-11(7-9)17(4)13(19)16(10)3/h5-7,14H,8H2,1-4H3. The zero-order chi connectivity index (χ0) is 14.2. The number of aryl methyl sites for hydroxylation is 2. The highest BCUT2D eigenvalue weighted by molar-refractivity contribution is 5.96. The average molecular weight is 262 g/mol. The van der Waals surface area contributed by atoms with Gasteiger partial charge in [0.15, 0.2) is 0 Å². The zero-order valence-corrected chi connectivity index (χ0v) is 11.6. The van der Waals surface area contributed by atoms with Crippen molar-refractivity contribution in [1.82, 2.24) is 14.5 Å². The topological polar surface area (TPSA) is 59.3 Å². The van der Waals surface area contributed by atoms with Gasteiger partial charge in [0.1, 0.15) is 0 Å². The number of carbonyl (C=O) groups excluding carboxylic acids is 1. The van der Waals surface area contributed by atoms with Gasteiger partial charge in [0, 0.05) is 26.8 Å². The summed E-state index contributed by atoms with van der Waals surface area (Å²) in [6.45, 7) is 0.280. The van der Waals surface area contributed by atoms with Gasteiger partial charge in [0.2, 0.25) is 5.91 Å². The molecule has 1 heterocycles. The number of nitrogens with one attached hydrogen (secondary N) is 1. The van der Waals surface area contributed by atoms with Crippen molar-refractivity contribution in [3.8, 4) is 0 Å². The fraction of sp³-hybridized carbons (Fsp3) is 0.385. The average Bonchev–Trinajstić information content (AvgIpc) is 2.63. The highest BCUT2D eigenvalue weighted by Crippen LogP contribution is 2.20. The molecule has 102 valence electrons. The first-order chi connectivity index (χ1) is 8.97. The molecule has 0 radical (unpaired) electrons. The number of likely N-dealkylation sites (N-methyl/N-ethyl adjacent to an activating group) is 2. The highest BCUT2D eigenvalue weighted by Gasteiger charge is 2.13. The summed E-state index contributed by atoms with van der Waals surface area (Å²) in [5, 5.41) is 2.83. The second-order valence-electron chi connectivity index (χ2n) is 4.56. The molecule has 1 amide bonds. The van der Waals surface area contributed by atoms with Crippen molar-refractivity contribution in [2.45, 2.75) is 0 Å². The minimum absolute atomic E-state index is 0.0252. The molecular weight excluding hydrogens is 244 g/mol. The van der Waals surface area contributed by atoms with Crippen LogP contribution in [0.1, 0.15) is 0 Å². The molecule has 0 fully saturated rings. The van der Waals surface area contributed by atoms with E-state index in [0.29, 0.717) is 0 Å². The summed E-state index contributed by atoms with van der Waals surface area (Å²) < 4.78 is 3.17. The van der Waals surface area contributed by atoms with Crippen molar-refractivity contribution < 1.29 is 4.79 Å². The molecule has 0 atom stereocenters. The number of benzene rings is 1. The molecule has 19 heavy (non-hydrogen) atoms. The van der Waals surface area contributed by atoms with E-state index in [1.807, 2.05) is 18.2 Å². The number of anilines is 1. The Hall–Kier alpha value is -2.08. The van der Waals surface area contributed by atoms with E-state index in [1.54, 1.807) is 42.2 Å². The third kappa shape index (κ3) is 2.15. The SMILES string of the molecule is CNCC(=O)N(C)c1ccc2c(c1)n(C)c(=O)n2C. The number of fused-ring (bicyclic) bond motifs is 1. The maximum atomic E-state index is 11.8. The summed E-state index contributed by atoms with van der Waals surface area (Å²) in [6, 6.07) is 5.55. The molecule has 6 nitrogen and oxygen atoms in total. The Kier molecular flexibility index (Phi) is 3.44. The molecule has 0 aliphatic heterocycles. The van der Waals surface area contributed by atoms with Crippen LogP contribution in [0.15, 0.2) is 23.0 Å². The van der Waals surface area contributed by atoms with E-state index >= 15 is 0 Å². The third-order valence-electron chi connectivity index (χ3n) is 3.34. The van der Waals surface area contributed by atoms with Gasteiger partial charge < -0.3 is 10.2 Å². The van der Waals surface area contributed by atoms with Crippen molar-refractivity contribution in [2.75, 3.05) is 25.5 Å². The molecule has 2 rings (SSSR count). The molecule has 0 bridgehead atoms. The monoisotopic (exact) mass is 262 g/mol. The van der Waals surface area contributed by atoms with Crippen LogP contribution < -0.4 is 15.9 Å². The predicted octanol–water partition coefficient (Wildman–Crippen LogP) is 0.0592. The van der Waals surface area contributed by atoms with Crippen LogP contribution in [-0.4, -0.2) is 35.7 Å². The Bertz CT molecular complexity index is 684. The van der Waals surface area contributed by atoms with Crippen LogP contribution in [0.5, 0.6) is 0 Å². The van der Waals surface area contributed by atoms with Crippen LogP contribution >= 0.6 is 0 Å². The molecule has 0 saturated heterocycles. The van der Waals surface area contributed by atoms with Gasteiger partial charge in [-0.3, -0.25) is 13.9 Å². The van der Waals surface area contributed by atoms with Gasteiger partial charge in [-0.2, -0.15) is 0 Å². The molecule has 6 heteroatoms. The fourth-order valence-electron chi connectivity index (χ4n) is 2.12. The molecule has 0 spiro atoms. The lowest BCUT2D eigenvalue weighted by Gasteiger charge is -2.17. The van der Waals surface area contributed by atoms with E-state index in [0.717, 1.165) is 16.7 Å². The summed E-state index contributed by atoms with van der Waals surface area (Å²) in [4.78, 5) is 25.2. The van der Waals surface area contributed by atoms with Crippen LogP contribution in [0.25, 0.3) is 11.0 Å². The number of carbonyl (C=O) groups is 1. The van der Waals surface area contributed by atoms with E-state index in [-0.39, 0.29) is 18.1 Å². The Labute approximate surface area is 111 Å². The lowest BCUT2D eigenvalue weighted by atomic mass is 10.2. The second kappa shape index (κ2) is 4.89. The number of nitrogens with zero attached hydrogens (tertiary/aromatic N) is 3. The van der Waals surface area contributed by atoms with Crippen LogP contribution in [0.4, 0.5) is 5.69 Å². The number of hydrogen-bond donors (Lipinski definition) is 1. The predicted molar refractivity (Wildman–Crippen MR) is 75.5 cm³/mol. The largest absolute Gasteiger partial charge is 0.328 e. The van der Waals surface area contributed by atoms with Gasteiger partial charge in [-0.25, -0.2) is 4.79 Å². The maximum absolute atomic E-state index is 11.8. The summed E-state index contributed by atoms with van der Waals surface area (Å²) >= 11 is 0. The Balaban J connectivity index is 2.50. The minimum Gasteiger partial charge on any atom is -0.314 e. The normalized spacial score (nSPS) is 10.9. The number of hydrogen-bond acceptors (Lipinski definition) is 3. The Morgan fingerprint density at radius 3 is 2.53 bits per heavy atom. The van der Waals surface area contributed by atoms with Crippen molar-refractivity contribution in [1.29, 1.82) is 0 Å². The third-order valence-corrected chi connectivity index (χ3v) is 3.34. The molecular formula is C13H18N4O2. The summed E-state index contributed by atoms with van der Waals surface area (Å²) in [6.07, 6.45) is 0. The number of imidazole rings is 1. The van der Waals surface area contributed by atoms with Gasteiger partial charge in [0.05, 0.1) is 17.6 Å². The van der Waals surface area contributed by atoms with Crippen LogP contribution in [-0.2, 0) is 18.9 Å². The quantitative estimate of drug-likeness (QED) is 0.851. The second-order valence-corrected chi connectivity index (χ2v) is 4.56. The van der Waals surface area contributed by atoms with Crippen LogP contribution in [0, 0.1) is 0 Å². The van der Waals surface area contributed by atoms with E-state index in [1.165, 1.54) is 0 Å². The molecule has 1 N–H and O–H groups in total. The van der Waals surface area contributed by atoms with Crippen LogP contribution in [0.2, 0.25) is 0 Å². The number of amides is 1. The lowest BCUT2D eigenvalue weighted by Crippen LogP contribution is -2.34. The van der Waals surface area contributed by atoms with E-state index in [2.05, 4.69) is 5.32 Å². The molecule has 0 saturated carbocycles. The first kappa shape index (κ1) is 13.4. The van der Waals surface area contributed by atoms with Crippen molar-refractivity contribution in [3.05, 3.63) is 28.7 Å². The Morgan fingerprint density at radius 2 is 1.89 bits per heavy atom. The first-order valence-corrected chi connectivity index (χ1v) is 6.04. The fourth-order valence-corrected chi connectivity index (χ4v) is 2.12. The van der Waals surface area contributed by atoms with Gasteiger partial charge in [0.25, 0.3) is 0 Å².